The van der Waals surface area contributed by atoms with Crippen LogP contribution in [0.5, 0.6) is 0 Å². The van der Waals surface area contributed by atoms with Gasteiger partial charge >= 0.3 is 0 Å². The molecule has 1 atom stereocenters. The smallest absolute Gasteiger partial charge is 0.237 e. The molecule has 3 aromatic rings. The Hall–Kier alpha value is -3.64. The fourth-order valence-corrected chi connectivity index (χ4v) is 3.38. The number of amides is 2. The molecule has 0 aliphatic carbocycles. The molecule has 2 amide bonds. The molecule has 0 spiro atoms. The van der Waals surface area contributed by atoms with Crippen molar-refractivity contribution in [3.05, 3.63) is 60.4 Å². The minimum absolute atomic E-state index is 0.161. The van der Waals surface area contributed by atoms with Crippen molar-refractivity contribution in [2.75, 3.05) is 10.6 Å². The highest BCUT2D eigenvalue weighted by atomic mass is 32.2. The number of anilines is 2. The maximum atomic E-state index is 12.5. The molecule has 8 nitrogen and oxygen atoms in total. The lowest BCUT2D eigenvalue weighted by Gasteiger charge is -2.13. The van der Waals surface area contributed by atoms with Crippen molar-refractivity contribution >= 4 is 35.0 Å². The Labute approximate surface area is 172 Å². The second-order valence-corrected chi connectivity index (χ2v) is 7.46. The Balaban J connectivity index is 1.73. The molecule has 1 heterocycles. The number of carbonyl (C=O) groups excluding carboxylic acids is 2. The predicted octanol–water partition coefficient (Wildman–Crippen LogP) is 3.22. The summed E-state index contributed by atoms with van der Waals surface area (Å²) in [5.41, 5.74) is 2.45. The van der Waals surface area contributed by atoms with Gasteiger partial charge in [0.05, 0.1) is 22.6 Å². The van der Waals surface area contributed by atoms with Crippen LogP contribution in [0.1, 0.15) is 19.4 Å². The zero-order valence-electron chi connectivity index (χ0n) is 15.8. The van der Waals surface area contributed by atoms with E-state index in [1.807, 2.05) is 18.2 Å². The lowest BCUT2D eigenvalue weighted by Crippen LogP contribution is -2.22. The quantitative estimate of drug-likeness (QED) is 0.608. The van der Waals surface area contributed by atoms with E-state index in [1.165, 1.54) is 18.7 Å². The first-order valence-corrected chi connectivity index (χ1v) is 9.60. The maximum Gasteiger partial charge on any atom is 0.237 e. The zero-order valence-corrected chi connectivity index (χ0v) is 16.6. The van der Waals surface area contributed by atoms with E-state index in [2.05, 4.69) is 20.8 Å². The van der Waals surface area contributed by atoms with E-state index < -0.39 is 5.25 Å². The Morgan fingerprint density at radius 3 is 2.59 bits per heavy atom. The Morgan fingerprint density at radius 2 is 1.86 bits per heavy atom. The van der Waals surface area contributed by atoms with E-state index in [0.29, 0.717) is 22.1 Å². The highest BCUT2D eigenvalue weighted by molar-refractivity contribution is 8.00. The van der Waals surface area contributed by atoms with Gasteiger partial charge in [-0.2, -0.15) is 5.26 Å². The van der Waals surface area contributed by atoms with Gasteiger partial charge < -0.3 is 10.6 Å². The highest BCUT2D eigenvalue weighted by Gasteiger charge is 2.19. The number of aromatic nitrogens is 3. The number of nitriles is 1. The van der Waals surface area contributed by atoms with Crippen molar-refractivity contribution in [3.8, 4) is 11.8 Å². The molecular weight excluding hydrogens is 388 g/mol. The summed E-state index contributed by atoms with van der Waals surface area (Å²) in [6, 6.07) is 16.0. The zero-order chi connectivity index (χ0) is 20.8. The molecule has 3 rings (SSSR count). The number of nitrogens with one attached hydrogen (secondary N) is 2. The normalized spacial score (nSPS) is 11.3. The van der Waals surface area contributed by atoms with Gasteiger partial charge in [-0.1, -0.05) is 23.9 Å². The molecule has 9 heteroatoms. The van der Waals surface area contributed by atoms with E-state index in [-0.39, 0.29) is 11.8 Å². The van der Waals surface area contributed by atoms with Crippen molar-refractivity contribution in [2.24, 2.45) is 0 Å². The SMILES string of the molecule is CC(=O)Nc1cccc(-n2cnnc2SC(C)C(=O)Nc2cccc(C#N)c2)c1. The fourth-order valence-electron chi connectivity index (χ4n) is 2.54. The van der Waals surface area contributed by atoms with Gasteiger partial charge in [0.25, 0.3) is 0 Å². The van der Waals surface area contributed by atoms with Crippen LogP contribution in [-0.2, 0) is 9.59 Å². The van der Waals surface area contributed by atoms with Crippen LogP contribution in [0, 0.1) is 11.3 Å². The van der Waals surface area contributed by atoms with Crippen molar-refractivity contribution in [1.82, 2.24) is 14.8 Å². The second kappa shape index (κ2) is 9.03. The van der Waals surface area contributed by atoms with Gasteiger partial charge in [0.15, 0.2) is 5.16 Å². The first-order chi connectivity index (χ1) is 14.0. The third-order valence-electron chi connectivity index (χ3n) is 3.87. The Kier molecular flexibility index (Phi) is 6.26. The summed E-state index contributed by atoms with van der Waals surface area (Å²) in [6.07, 6.45) is 1.55. The number of hydrogen-bond donors (Lipinski definition) is 2. The second-order valence-electron chi connectivity index (χ2n) is 6.16. The van der Waals surface area contributed by atoms with Crippen LogP contribution in [-0.4, -0.2) is 31.8 Å². The molecule has 0 aliphatic heterocycles. The van der Waals surface area contributed by atoms with Crippen LogP contribution in [0.4, 0.5) is 11.4 Å². The molecule has 1 aromatic heterocycles. The standard InChI is InChI=1S/C20H18N6O2S/c1-13(19(28)24-16-6-3-5-15(9-16)11-21)29-20-25-22-12-26(20)18-8-4-7-17(10-18)23-14(2)27/h3-10,12-13H,1-2H3,(H,23,27)(H,24,28). The summed E-state index contributed by atoms with van der Waals surface area (Å²) in [5, 5.41) is 22.6. The lowest BCUT2D eigenvalue weighted by molar-refractivity contribution is -0.115. The highest BCUT2D eigenvalue weighted by Crippen LogP contribution is 2.26. The van der Waals surface area contributed by atoms with Gasteiger partial charge in [-0.25, -0.2) is 0 Å². The number of carbonyl (C=O) groups is 2. The number of nitrogens with zero attached hydrogens (tertiary/aromatic N) is 4. The molecule has 2 N–H and O–H groups in total. The van der Waals surface area contributed by atoms with Crippen molar-refractivity contribution in [3.63, 3.8) is 0 Å². The average molecular weight is 406 g/mol. The van der Waals surface area contributed by atoms with Crippen molar-refractivity contribution in [1.29, 1.82) is 5.26 Å². The molecule has 0 radical (unpaired) electrons. The minimum Gasteiger partial charge on any atom is -0.326 e. The third-order valence-corrected chi connectivity index (χ3v) is 4.93. The monoisotopic (exact) mass is 406 g/mol. The average Bonchev–Trinajstić information content (AvgIpc) is 3.16. The van der Waals surface area contributed by atoms with Gasteiger partial charge in [0.2, 0.25) is 11.8 Å². The van der Waals surface area contributed by atoms with Crippen LogP contribution in [0.15, 0.2) is 60.0 Å². The van der Waals surface area contributed by atoms with E-state index in [4.69, 9.17) is 5.26 Å². The predicted molar refractivity (Wildman–Crippen MR) is 111 cm³/mol. The summed E-state index contributed by atoms with van der Waals surface area (Å²) in [5.74, 6) is -0.377. The van der Waals surface area contributed by atoms with Gasteiger partial charge in [0, 0.05) is 18.3 Å². The fraction of sp³-hybridized carbons (Fsp3) is 0.150. The molecule has 146 valence electrons. The van der Waals surface area contributed by atoms with Crippen LogP contribution < -0.4 is 10.6 Å². The summed E-state index contributed by atoms with van der Waals surface area (Å²) in [6.45, 7) is 3.21. The number of thioether (sulfide) groups is 1. The molecule has 0 aliphatic rings. The summed E-state index contributed by atoms with van der Waals surface area (Å²) < 4.78 is 1.75. The summed E-state index contributed by atoms with van der Waals surface area (Å²) in [7, 11) is 0. The molecule has 29 heavy (non-hydrogen) atoms. The molecule has 0 bridgehead atoms. The van der Waals surface area contributed by atoms with Crippen LogP contribution in [0.3, 0.4) is 0 Å². The van der Waals surface area contributed by atoms with E-state index in [1.54, 1.807) is 54.2 Å². The number of benzene rings is 2. The molecule has 0 fully saturated rings. The third kappa shape index (κ3) is 5.21. The maximum absolute atomic E-state index is 12.5. The van der Waals surface area contributed by atoms with Crippen molar-refractivity contribution < 1.29 is 9.59 Å². The first-order valence-electron chi connectivity index (χ1n) is 8.72. The molecule has 0 saturated carbocycles. The van der Waals surface area contributed by atoms with E-state index in [0.717, 1.165) is 5.69 Å². The van der Waals surface area contributed by atoms with Gasteiger partial charge in [0.1, 0.15) is 6.33 Å². The minimum atomic E-state index is -0.456. The van der Waals surface area contributed by atoms with Crippen LogP contribution >= 0.6 is 11.8 Å². The van der Waals surface area contributed by atoms with Crippen LogP contribution in [0.2, 0.25) is 0 Å². The Bertz CT molecular complexity index is 1090. The first kappa shape index (κ1) is 20.1. The summed E-state index contributed by atoms with van der Waals surface area (Å²) in [4.78, 5) is 23.8. The number of hydrogen-bond acceptors (Lipinski definition) is 6. The molecular formula is C20H18N6O2S. The number of rotatable bonds is 6. The van der Waals surface area contributed by atoms with E-state index >= 15 is 0 Å². The van der Waals surface area contributed by atoms with Gasteiger partial charge in [-0.3, -0.25) is 14.2 Å². The molecule has 0 saturated heterocycles. The topological polar surface area (TPSA) is 113 Å². The van der Waals surface area contributed by atoms with Gasteiger partial charge in [-0.15, -0.1) is 10.2 Å². The summed E-state index contributed by atoms with van der Waals surface area (Å²) >= 11 is 1.25. The lowest BCUT2D eigenvalue weighted by atomic mass is 10.2. The largest absolute Gasteiger partial charge is 0.326 e. The Morgan fingerprint density at radius 1 is 1.14 bits per heavy atom. The van der Waals surface area contributed by atoms with E-state index in [9.17, 15) is 9.59 Å². The molecule has 2 aromatic carbocycles. The molecule has 1 unspecified atom stereocenters. The van der Waals surface area contributed by atoms with Crippen molar-refractivity contribution in [2.45, 2.75) is 24.3 Å². The van der Waals surface area contributed by atoms with Crippen LogP contribution in [0.25, 0.3) is 5.69 Å². The van der Waals surface area contributed by atoms with Gasteiger partial charge in [-0.05, 0) is 43.3 Å².